The third-order valence-corrected chi connectivity index (χ3v) is 1.76. The molecule has 0 saturated heterocycles. The van der Waals surface area contributed by atoms with Crippen LogP contribution in [-0.2, 0) is 14.3 Å². The van der Waals surface area contributed by atoms with E-state index in [-0.39, 0.29) is 12.2 Å². The minimum atomic E-state index is -0.341. The first-order valence-corrected chi connectivity index (χ1v) is 5.47. The summed E-state index contributed by atoms with van der Waals surface area (Å²) in [6.45, 7) is 12.6. The maximum atomic E-state index is 10.9. The van der Waals surface area contributed by atoms with Crippen molar-refractivity contribution in [2.75, 3.05) is 27.3 Å². The highest BCUT2D eigenvalue weighted by molar-refractivity contribution is 5.87. The molecule has 0 spiro atoms. The first-order valence-electron chi connectivity index (χ1n) is 5.47. The summed E-state index contributed by atoms with van der Waals surface area (Å²) in [4.78, 5) is 12.7. The second kappa shape index (κ2) is 10.6. The van der Waals surface area contributed by atoms with Crippen LogP contribution >= 0.6 is 0 Å². The van der Waals surface area contributed by atoms with Crippen LogP contribution in [0.25, 0.3) is 0 Å². The Labute approximate surface area is 99.2 Å². The summed E-state index contributed by atoms with van der Waals surface area (Å²) in [5.74, 6) is -0.341. The van der Waals surface area contributed by atoms with Crippen LogP contribution in [0, 0.1) is 0 Å². The van der Waals surface area contributed by atoms with E-state index < -0.39 is 0 Å². The van der Waals surface area contributed by atoms with Crippen LogP contribution in [0.4, 0.5) is 0 Å². The Morgan fingerprint density at radius 1 is 1.31 bits per heavy atom. The summed E-state index contributed by atoms with van der Waals surface area (Å²) in [7, 11) is 3.69. The molecule has 0 heterocycles. The highest BCUT2D eigenvalue weighted by atomic mass is 16.6. The van der Waals surface area contributed by atoms with E-state index in [2.05, 4.69) is 6.58 Å². The second-order valence-electron chi connectivity index (χ2n) is 3.53. The number of ether oxygens (including phenoxy) is 2. The van der Waals surface area contributed by atoms with Gasteiger partial charge in [-0.2, -0.15) is 0 Å². The number of carbonyl (C=O) groups excluding carboxylic acids is 1. The molecular weight excluding hydrogens is 206 g/mol. The fourth-order valence-corrected chi connectivity index (χ4v) is 0.565. The molecule has 0 aliphatic rings. The molecular formula is C12H25NO3. The van der Waals surface area contributed by atoms with Gasteiger partial charge in [-0.25, -0.2) is 4.79 Å². The van der Waals surface area contributed by atoms with Gasteiger partial charge in [0.05, 0.1) is 0 Å². The molecule has 1 atom stereocenters. The zero-order chi connectivity index (χ0) is 13.1. The van der Waals surface area contributed by atoms with E-state index >= 15 is 0 Å². The van der Waals surface area contributed by atoms with E-state index in [1.165, 1.54) is 0 Å². The molecule has 0 bridgehead atoms. The minimum absolute atomic E-state index is 0.195. The number of carbonyl (C=O) groups is 1. The standard InChI is InChI=1S/C8H15NO2.C4H10O/c1-6(2)8(10)11-7(3)9(4)5;1-3-5-4-2/h7H,1H2,2-5H3;3-4H2,1-2H3. The van der Waals surface area contributed by atoms with Crippen LogP contribution in [0.3, 0.4) is 0 Å². The average Bonchev–Trinajstić information content (AvgIpc) is 2.19. The molecule has 0 aromatic heterocycles. The van der Waals surface area contributed by atoms with E-state index in [1.54, 1.807) is 18.7 Å². The van der Waals surface area contributed by atoms with Crippen molar-refractivity contribution >= 4 is 5.97 Å². The van der Waals surface area contributed by atoms with Crippen LogP contribution in [0.15, 0.2) is 12.2 Å². The van der Waals surface area contributed by atoms with Gasteiger partial charge in [0.15, 0.2) is 6.23 Å². The van der Waals surface area contributed by atoms with Gasteiger partial charge in [-0.3, -0.25) is 4.90 Å². The molecule has 0 fully saturated rings. The predicted octanol–water partition coefficient (Wildman–Crippen LogP) is 2.06. The summed E-state index contributed by atoms with van der Waals surface area (Å²) in [6, 6.07) is 0. The van der Waals surface area contributed by atoms with Crippen molar-refractivity contribution in [1.82, 2.24) is 4.90 Å². The lowest BCUT2D eigenvalue weighted by Crippen LogP contribution is -2.30. The first-order chi connectivity index (χ1) is 7.36. The maximum absolute atomic E-state index is 10.9. The Kier molecular flexibility index (Phi) is 11.7. The van der Waals surface area contributed by atoms with Crippen molar-refractivity contribution in [2.24, 2.45) is 0 Å². The van der Waals surface area contributed by atoms with Crippen LogP contribution in [0.5, 0.6) is 0 Å². The molecule has 1 unspecified atom stereocenters. The fraction of sp³-hybridized carbons (Fsp3) is 0.750. The van der Waals surface area contributed by atoms with Gasteiger partial charge in [0, 0.05) is 18.8 Å². The fourth-order valence-electron chi connectivity index (χ4n) is 0.565. The zero-order valence-electron chi connectivity index (χ0n) is 11.4. The quantitative estimate of drug-likeness (QED) is 0.412. The van der Waals surface area contributed by atoms with Gasteiger partial charge in [-0.1, -0.05) is 6.58 Å². The number of rotatable bonds is 5. The molecule has 0 aliphatic carbocycles. The molecule has 0 rings (SSSR count). The SMILES string of the molecule is C=C(C)C(=O)OC(C)N(C)C.CCOCC. The summed E-state index contributed by atoms with van der Waals surface area (Å²) >= 11 is 0. The number of hydrogen-bond donors (Lipinski definition) is 0. The van der Waals surface area contributed by atoms with Gasteiger partial charge in [0.2, 0.25) is 0 Å². The van der Waals surface area contributed by atoms with Crippen molar-refractivity contribution in [3.05, 3.63) is 12.2 Å². The largest absolute Gasteiger partial charge is 0.443 e. The van der Waals surface area contributed by atoms with Crippen molar-refractivity contribution in [1.29, 1.82) is 0 Å². The maximum Gasteiger partial charge on any atom is 0.334 e. The Morgan fingerprint density at radius 2 is 1.75 bits per heavy atom. The second-order valence-corrected chi connectivity index (χ2v) is 3.53. The van der Waals surface area contributed by atoms with Crippen LogP contribution in [0.2, 0.25) is 0 Å². The van der Waals surface area contributed by atoms with E-state index in [1.807, 2.05) is 27.9 Å². The molecule has 0 aromatic rings. The summed E-state index contributed by atoms with van der Waals surface area (Å²) in [5.41, 5.74) is 0.429. The van der Waals surface area contributed by atoms with Crippen LogP contribution in [-0.4, -0.2) is 44.4 Å². The summed E-state index contributed by atoms with van der Waals surface area (Å²) in [5, 5.41) is 0. The summed E-state index contributed by atoms with van der Waals surface area (Å²) < 4.78 is 9.79. The Bertz CT molecular complexity index is 200. The highest BCUT2D eigenvalue weighted by Crippen LogP contribution is 1.99. The molecule has 0 saturated carbocycles. The lowest BCUT2D eigenvalue weighted by Gasteiger charge is -2.19. The molecule has 0 aromatic carbocycles. The number of nitrogens with zero attached hydrogens (tertiary/aromatic N) is 1. The first kappa shape index (κ1) is 17.5. The number of esters is 1. The third kappa shape index (κ3) is 11.2. The lowest BCUT2D eigenvalue weighted by molar-refractivity contribution is -0.150. The van der Waals surface area contributed by atoms with E-state index in [0.29, 0.717) is 5.57 Å². The van der Waals surface area contributed by atoms with Crippen molar-refractivity contribution in [3.63, 3.8) is 0 Å². The molecule has 0 radical (unpaired) electrons. The Morgan fingerprint density at radius 3 is 1.94 bits per heavy atom. The molecule has 0 amide bonds. The van der Waals surface area contributed by atoms with Gasteiger partial charge >= 0.3 is 5.97 Å². The normalized spacial score (nSPS) is 11.4. The highest BCUT2D eigenvalue weighted by Gasteiger charge is 2.10. The minimum Gasteiger partial charge on any atom is -0.443 e. The van der Waals surface area contributed by atoms with Gasteiger partial charge in [-0.05, 0) is 41.8 Å². The topological polar surface area (TPSA) is 38.8 Å². The Hall–Kier alpha value is -0.870. The van der Waals surface area contributed by atoms with Crippen molar-refractivity contribution in [3.8, 4) is 0 Å². The lowest BCUT2D eigenvalue weighted by atomic mass is 10.4. The van der Waals surface area contributed by atoms with Crippen molar-refractivity contribution in [2.45, 2.75) is 33.9 Å². The van der Waals surface area contributed by atoms with Crippen LogP contribution in [0.1, 0.15) is 27.7 Å². The summed E-state index contributed by atoms with van der Waals surface area (Å²) in [6.07, 6.45) is -0.195. The molecule has 16 heavy (non-hydrogen) atoms. The van der Waals surface area contributed by atoms with Gasteiger partial charge in [0.1, 0.15) is 0 Å². The van der Waals surface area contributed by atoms with Crippen LogP contribution < -0.4 is 0 Å². The van der Waals surface area contributed by atoms with Crippen molar-refractivity contribution < 1.29 is 14.3 Å². The zero-order valence-corrected chi connectivity index (χ0v) is 11.4. The average molecular weight is 231 g/mol. The van der Waals surface area contributed by atoms with Gasteiger partial charge in [0.25, 0.3) is 0 Å². The monoisotopic (exact) mass is 231 g/mol. The molecule has 96 valence electrons. The smallest absolute Gasteiger partial charge is 0.334 e. The Balaban J connectivity index is 0. The van der Waals surface area contributed by atoms with E-state index in [4.69, 9.17) is 9.47 Å². The molecule has 4 heteroatoms. The van der Waals surface area contributed by atoms with E-state index in [9.17, 15) is 4.79 Å². The third-order valence-electron chi connectivity index (χ3n) is 1.76. The van der Waals surface area contributed by atoms with Gasteiger partial charge < -0.3 is 9.47 Å². The number of hydrogen-bond acceptors (Lipinski definition) is 4. The van der Waals surface area contributed by atoms with E-state index in [0.717, 1.165) is 13.2 Å². The molecule has 0 N–H and O–H groups in total. The predicted molar refractivity (Wildman–Crippen MR) is 66.2 cm³/mol. The molecule has 4 nitrogen and oxygen atoms in total. The molecule has 0 aliphatic heterocycles. The van der Waals surface area contributed by atoms with Gasteiger partial charge in [-0.15, -0.1) is 0 Å².